The van der Waals surface area contributed by atoms with E-state index in [2.05, 4.69) is 20.0 Å². The number of carbonyl (C=O) groups is 2. The molecule has 9 nitrogen and oxygen atoms in total. The van der Waals surface area contributed by atoms with Gasteiger partial charge < -0.3 is 10.1 Å². The standard InChI is InChI=1S/C22H19ClN4O5S/c1-15(32-20(28)12-5-16-3-6-17(23)7-4-16)21(29)26-18-8-10-19(11-9-18)33(30,31)27-22-24-13-2-14-25-22/h2-15H,1H3,(H,26,29)(H,24,25,27)/b12-5+/t15-/m0/s1. The minimum atomic E-state index is -3.89. The maximum absolute atomic E-state index is 12.4. The number of rotatable bonds is 8. The van der Waals surface area contributed by atoms with Crippen molar-refractivity contribution in [1.82, 2.24) is 9.97 Å². The van der Waals surface area contributed by atoms with Crippen LogP contribution in [0.2, 0.25) is 5.02 Å². The highest BCUT2D eigenvalue weighted by Gasteiger charge is 2.18. The average molecular weight is 487 g/mol. The molecule has 11 heteroatoms. The van der Waals surface area contributed by atoms with Gasteiger partial charge in [0.25, 0.3) is 15.9 Å². The zero-order valence-electron chi connectivity index (χ0n) is 17.3. The van der Waals surface area contributed by atoms with Gasteiger partial charge in [0.15, 0.2) is 6.10 Å². The Labute approximate surface area is 195 Å². The molecule has 170 valence electrons. The fraction of sp³-hybridized carbons (Fsp3) is 0.0909. The SMILES string of the molecule is C[C@H](OC(=O)/C=C/c1ccc(Cl)cc1)C(=O)Nc1ccc(S(=O)(=O)Nc2ncccn2)cc1. The van der Waals surface area contributed by atoms with E-state index in [9.17, 15) is 18.0 Å². The first-order valence-corrected chi connectivity index (χ1v) is 11.4. The number of anilines is 2. The normalized spacial score (nSPS) is 12.2. The van der Waals surface area contributed by atoms with E-state index in [1.165, 1.54) is 55.7 Å². The summed E-state index contributed by atoms with van der Waals surface area (Å²) in [5.74, 6) is -1.33. The largest absolute Gasteiger partial charge is 0.449 e. The summed E-state index contributed by atoms with van der Waals surface area (Å²) in [6, 6.07) is 13.8. The summed E-state index contributed by atoms with van der Waals surface area (Å²) in [6.07, 6.45) is 4.48. The summed E-state index contributed by atoms with van der Waals surface area (Å²) in [4.78, 5) is 31.8. The Morgan fingerprint density at radius 2 is 1.67 bits per heavy atom. The van der Waals surface area contributed by atoms with Gasteiger partial charge in [0.1, 0.15) is 0 Å². The van der Waals surface area contributed by atoms with Crippen LogP contribution in [0.4, 0.5) is 11.6 Å². The van der Waals surface area contributed by atoms with Crippen LogP contribution in [0.5, 0.6) is 0 Å². The fourth-order valence-electron chi connectivity index (χ4n) is 2.50. The molecule has 0 bridgehead atoms. The summed E-state index contributed by atoms with van der Waals surface area (Å²) in [5, 5.41) is 3.14. The quantitative estimate of drug-likeness (QED) is 0.368. The van der Waals surface area contributed by atoms with E-state index >= 15 is 0 Å². The van der Waals surface area contributed by atoms with E-state index in [1.54, 1.807) is 30.3 Å². The first-order valence-electron chi connectivity index (χ1n) is 9.58. The molecule has 1 heterocycles. The molecule has 0 unspecified atom stereocenters. The van der Waals surface area contributed by atoms with Gasteiger partial charge in [-0.2, -0.15) is 0 Å². The first-order chi connectivity index (χ1) is 15.7. The Bertz CT molecular complexity index is 1250. The molecular weight excluding hydrogens is 468 g/mol. The van der Waals surface area contributed by atoms with Gasteiger partial charge in [-0.05, 0) is 61.0 Å². The maximum atomic E-state index is 12.4. The highest BCUT2D eigenvalue weighted by Crippen LogP contribution is 2.17. The number of halogens is 1. The molecular formula is C22H19ClN4O5S. The van der Waals surface area contributed by atoms with Gasteiger partial charge >= 0.3 is 5.97 Å². The number of ether oxygens (including phenoxy) is 1. The van der Waals surface area contributed by atoms with E-state index in [4.69, 9.17) is 16.3 Å². The molecule has 3 rings (SSSR count). The van der Waals surface area contributed by atoms with Gasteiger partial charge in [-0.25, -0.2) is 27.9 Å². The molecule has 2 aromatic carbocycles. The zero-order valence-corrected chi connectivity index (χ0v) is 18.9. The van der Waals surface area contributed by atoms with Gasteiger partial charge in [-0.3, -0.25) is 4.79 Å². The predicted molar refractivity (Wildman–Crippen MR) is 124 cm³/mol. The fourth-order valence-corrected chi connectivity index (χ4v) is 3.58. The monoisotopic (exact) mass is 486 g/mol. The van der Waals surface area contributed by atoms with Gasteiger partial charge in [-0.1, -0.05) is 23.7 Å². The number of hydrogen-bond donors (Lipinski definition) is 2. The molecule has 1 amide bonds. The van der Waals surface area contributed by atoms with E-state index in [0.717, 1.165) is 5.56 Å². The molecule has 33 heavy (non-hydrogen) atoms. The molecule has 0 radical (unpaired) electrons. The minimum Gasteiger partial charge on any atom is -0.449 e. The molecule has 2 N–H and O–H groups in total. The number of nitrogens with one attached hydrogen (secondary N) is 2. The second-order valence-corrected chi connectivity index (χ2v) is 8.77. The molecule has 1 atom stereocenters. The molecule has 0 aliphatic carbocycles. The van der Waals surface area contributed by atoms with Gasteiger partial charge in [-0.15, -0.1) is 0 Å². The molecule has 3 aromatic rings. The van der Waals surface area contributed by atoms with Crippen LogP contribution in [-0.2, 0) is 24.3 Å². The highest BCUT2D eigenvalue weighted by atomic mass is 35.5. The molecule has 0 saturated heterocycles. The van der Waals surface area contributed by atoms with Crippen molar-refractivity contribution in [3.05, 3.63) is 83.7 Å². The van der Waals surface area contributed by atoms with Crippen molar-refractivity contribution in [1.29, 1.82) is 0 Å². The van der Waals surface area contributed by atoms with Crippen LogP contribution in [0.15, 0.2) is 78.0 Å². The Balaban J connectivity index is 1.55. The number of aromatic nitrogens is 2. The van der Waals surface area contributed by atoms with Crippen LogP contribution in [0.25, 0.3) is 6.08 Å². The lowest BCUT2D eigenvalue weighted by atomic mass is 10.2. The number of nitrogens with zero attached hydrogens (tertiary/aromatic N) is 2. The summed E-state index contributed by atoms with van der Waals surface area (Å²) in [6.45, 7) is 1.42. The molecule has 0 aliphatic heterocycles. The lowest BCUT2D eigenvalue weighted by molar-refractivity contribution is -0.148. The summed E-state index contributed by atoms with van der Waals surface area (Å²) >= 11 is 5.81. The second kappa shape index (κ2) is 10.7. The van der Waals surface area contributed by atoms with Crippen molar-refractivity contribution in [2.45, 2.75) is 17.9 Å². The van der Waals surface area contributed by atoms with Crippen molar-refractivity contribution < 1.29 is 22.7 Å². The topological polar surface area (TPSA) is 127 Å². The highest BCUT2D eigenvalue weighted by molar-refractivity contribution is 7.92. The summed E-state index contributed by atoms with van der Waals surface area (Å²) in [5.41, 5.74) is 1.08. The van der Waals surface area contributed by atoms with Gasteiger partial charge in [0.05, 0.1) is 4.90 Å². The van der Waals surface area contributed by atoms with Crippen molar-refractivity contribution in [3.8, 4) is 0 Å². The summed E-state index contributed by atoms with van der Waals surface area (Å²) < 4.78 is 32.1. The Morgan fingerprint density at radius 3 is 2.30 bits per heavy atom. The van der Waals surface area contributed by atoms with E-state index < -0.39 is 28.0 Å². The Morgan fingerprint density at radius 1 is 1.03 bits per heavy atom. The zero-order chi connectivity index (χ0) is 23.8. The van der Waals surface area contributed by atoms with Crippen LogP contribution in [-0.4, -0.2) is 36.4 Å². The number of carbonyl (C=O) groups excluding carboxylic acids is 2. The first kappa shape index (κ1) is 23.9. The third-order valence-electron chi connectivity index (χ3n) is 4.17. The number of hydrogen-bond acceptors (Lipinski definition) is 7. The average Bonchev–Trinajstić information content (AvgIpc) is 2.79. The molecule has 0 fully saturated rings. The lowest BCUT2D eigenvalue weighted by Crippen LogP contribution is -2.29. The molecule has 0 spiro atoms. The Kier molecular flexibility index (Phi) is 7.75. The van der Waals surface area contributed by atoms with E-state index in [0.29, 0.717) is 10.7 Å². The summed E-state index contributed by atoms with van der Waals surface area (Å²) in [7, 11) is -3.89. The number of sulfonamides is 1. The lowest BCUT2D eigenvalue weighted by Gasteiger charge is -2.13. The maximum Gasteiger partial charge on any atom is 0.331 e. The van der Waals surface area contributed by atoms with Crippen molar-refractivity contribution in [2.24, 2.45) is 0 Å². The van der Waals surface area contributed by atoms with Crippen molar-refractivity contribution in [3.63, 3.8) is 0 Å². The molecule has 1 aromatic heterocycles. The van der Waals surface area contributed by atoms with Crippen LogP contribution >= 0.6 is 11.6 Å². The number of benzene rings is 2. The van der Waals surface area contributed by atoms with Crippen molar-refractivity contribution >= 4 is 51.2 Å². The Hall–Kier alpha value is -3.76. The van der Waals surface area contributed by atoms with E-state index in [1.807, 2.05) is 0 Å². The third kappa shape index (κ3) is 7.13. The second-order valence-electron chi connectivity index (χ2n) is 6.66. The molecule has 0 saturated carbocycles. The minimum absolute atomic E-state index is 0.0419. The smallest absolute Gasteiger partial charge is 0.331 e. The van der Waals surface area contributed by atoms with Crippen LogP contribution in [0.1, 0.15) is 12.5 Å². The van der Waals surface area contributed by atoms with Crippen LogP contribution in [0.3, 0.4) is 0 Å². The van der Waals surface area contributed by atoms with Gasteiger partial charge in [0.2, 0.25) is 5.95 Å². The third-order valence-corrected chi connectivity index (χ3v) is 5.76. The number of esters is 1. The van der Waals surface area contributed by atoms with Crippen LogP contribution < -0.4 is 10.0 Å². The van der Waals surface area contributed by atoms with Gasteiger partial charge in [0, 0.05) is 29.2 Å². The predicted octanol–water partition coefficient (Wildman–Crippen LogP) is 3.51. The van der Waals surface area contributed by atoms with Crippen LogP contribution in [0, 0.1) is 0 Å². The molecule has 0 aliphatic rings. The number of amides is 1. The van der Waals surface area contributed by atoms with Crippen molar-refractivity contribution in [2.75, 3.05) is 10.0 Å². The van der Waals surface area contributed by atoms with E-state index in [-0.39, 0.29) is 10.8 Å².